The third kappa shape index (κ3) is 7.22. The van der Waals surface area contributed by atoms with Crippen molar-refractivity contribution in [2.45, 2.75) is 32.7 Å². The molecule has 160 valence electrons. The largest absolute Gasteiger partial charge is 0.416 e. The molecule has 0 bridgehead atoms. The molecule has 0 spiro atoms. The maximum absolute atomic E-state index is 12.8. The van der Waals surface area contributed by atoms with Crippen LogP contribution < -0.4 is 4.52 Å². The van der Waals surface area contributed by atoms with Crippen LogP contribution >= 0.6 is 18.5 Å². The van der Waals surface area contributed by atoms with E-state index in [4.69, 9.17) is 25.4 Å². The average molecular weight is 466 g/mol. The number of alkyl halides is 3. The molecule has 0 N–H and O–H groups in total. The minimum absolute atomic E-state index is 0.173. The molecule has 0 fully saturated rings. The molecule has 2 aromatic rings. The van der Waals surface area contributed by atoms with Gasteiger partial charge in [-0.2, -0.15) is 29.9 Å². The van der Waals surface area contributed by atoms with E-state index < -0.39 is 18.5 Å². The van der Waals surface area contributed by atoms with Crippen LogP contribution in [0, 0.1) is 0 Å². The second kappa shape index (κ2) is 10.7. The van der Waals surface area contributed by atoms with Gasteiger partial charge in [0.25, 0.3) is 0 Å². The van der Waals surface area contributed by atoms with Gasteiger partial charge in [-0.05, 0) is 31.7 Å². The molecule has 2 rings (SSSR count). The molecule has 0 aliphatic rings. The fourth-order valence-electron chi connectivity index (χ4n) is 2.26. The van der Waals surface area contributed by atoms with Crippen molar-refractivity contribution < 1.29 is 26.7 Å². The first kappa shape index (κ1) is 24.1. The smallest absolute Gasteiger partial charge is 0.406 e. The van der Waals surface area contributed by atoms with Gasteiger partial charge in [-0.3, -0.25) is 9.05 Å². The Kier molecular flexibility index (Phi) is 8.91. The average Bonchev–Trinajstić information content (AvgIpc) is 2.66. The van der Waals surface area contributed by atoms with E-state index in [0.29, 0.717) is 30.2 Å². The summed E-state index contributed by atoms with van der Waals surface area (Å²) >= 11 is 7.03. The summed E-state index contributed by atoms with van der Waals surface area (Å²) in [5.74, 6) is 1.89. The van der Waals surface area contributed by atoms with Gasteiger partial charge in [0.2, 0.25) is 5.88 Å². The van der Waals surface area contributed by atoms with Crippen molar-refractivity contribution in [3.05, 3.63) is 41.6 Å². The molecular formula is C18H22F3N2O3PS2. The van der Waals surface area contributed by atoms with Gasteiger partial charge in [0, 0.05) is 29.2 Å². The molecule has 11 heteroatoms. The summed E-state index contributed by atoms with van der Waals surface area (Å²) in [6.07, 6.45) is -4.41. The lowest BCUT2D eigenvalue weighted by molar-refractivity contribution is -0.137. The zero-order chi connectivity index (χ0) is 21.5. The second-order valence-electron chi connectivity index (χ2n) is 5.61. The summed E-state index contributed by atoms with van der Waals surface area (Å²) in [5.41, 5.74) is 0.372. The normalized spacial score (nSPS) is 12.2. The Morgan fingerprint density at radius 1 is 1.03 bits per heavy atom. The molecule has 0 saturated carbocycles. The molecule has 0 amide bonds. The topological polar surface area (TPSA) is 53.5 Å². The van der Waals surface area contributed by atoms with Gasteiger partial charge in [0.05, 0.1) is 24.5 Å². The van der Waals surface area contributed by atoms with Crippen molar-refractivity contribution in [3.63, 3.8) is 0 Å². The van der Waals surface area contributed by atoms with Crippen molar-refractivity contribution in [2.75, 3.05) is 19.0 Å². The van der Waals surface area contributed by atoms with Gasteiger partial charge in [0.15, 0.2) is 5.82 Å². The summed E-state index contributed by atoms with van der Waals surface area (Å²) in [6, 6.07) is 6.31. The molecule has 0 saturated heterocycles. The van der Waals surface area contributed by atoms with Crippen molar-refractivity contribution >= 4 is 30.3 Å². The quantitative estimate of drug-likeness (QED) is 0.393. The number of hydrogen-bond donors (Lipinski definition) is 0. The van der Waals surface area contributed by atoms with Crippen molar-refractivity contribution in [3.8, 4) is 17.3 Å². The first-order valence-electron chi connectivity index (χ1n) is 8.92. The predicted octanol–water partition coefficient (Wildman–Crippen LogP) is 6.09. The maximum Gasteiger partial charge on any atom is 0.416 e. The van der Waals surface area contributed by atoms with E-state index in [-0.39, 0.29) is 11.7 Å². The van der Waals surface area contributed by atoms with Gasteiger partial charge >= 0.3 is 12.9 Å². The molecule has 1 heterocycles. The molecule has 0 unspecified atom stereocenters. The summed E-state index contributed by atoms with van der Waals surface area (Å²) in [7, 11) is 0. The molecule has 0 radical (unpaired) electrons. The molecule has 1 aromatic heterocycles. The van der Waals surface area contributed by atoms with Crippen LogP contribution in [0.4, 0.5) is 13.2 Å². The zero-order valence-electron chi connectivity index (χ0n) is 16.2. The highest BCUT2D eigenvalue weighted by Crippen LogP contribution is 2.49. The van der Waals surface area contributed by atoms with Gasteiger partial charge in [-0.1, -0.05) is 19.1 Å². The van der Waals surface area contributed by atoms with E-state index in [1.807, 2.05) is 6.92 Å². The van der Waals surface area contributed by atoms with Crippen LogP contribution in [-0.4, -0.2) is 28.9 Å². The number of halogens is 3. The van der Waals surface area contributed by atoms with E-state index in [9.17, 15) is 13.2 Å². The van der Waals surface area contributed by atoms with E-state index >= 15 is 0 Å². The summed E-state index contributed by atoms with van der Waals surface area (Å²) < 4.78 is 55.2. The predicted molar refractivity (Wildman–Crippen MR) is 112 cm³/mol. The Balaban J connectivity index is 2.41. The zero-order valence-corrected chi connectivity index (χ0v) is 18.8. The Morgan fingerprint density at radius 3 is 2.17 bits per heavy atom. The highest BCUT2D eigenvalue weighted by Gasteiger charge is 2.30. The highest BCUT2D eigenvalue weighted by atomic mass is 32.5. The number of hydrogen-bond acceptors (Lipinski definition) is 7. The molecule has 5 nitrogen and oxygen atoms in total. The second-order valence-corrected chi connectivity index (χ2v) is 9.82. The minimum Gasteiger partial charge on any atom is -0.406 e. The Hall–Kier alpha value is -1.19. The fourth-order valence-corrected chi connectivity index (χ4v) is 4.82. The van der Waals surface area contributed by atoms with E-state index in [2.05, 4.69) is 9.97 Å². The van der Waals surface area contributed by atoms with E-state index in [1.54, 1.807) is 31.7 Å². The third-order valence-electron chi connectivity index (χ3n) is 3.46. The van der Waals surface area contributed by atoms with E-state index in [1.165, 1.54) is 12.1 Å². The van der Waals surface area contributed by atoms with Crippen LogP contribution in [0.2, 0.25) is 0 Å². The summed E-state index contributed by atoms with van der Waals surface area (Å²) in [4.78, 5) is 8.79. The number of benzene rings is 1. The van der Waals surface area contributed by atoms with Crippen LogP contribution in [0.1, 0.15) is 32.0 Å². The number of thioether (sulfide) groups is 1. The molecule has 0 atom stereocenters. The van der Waals surface area contributed by atoms with Crippen LogP contribution in [0.25, 0.3) is 11.4 Å². The monoisotopic (exact) mass is 466 g/mol. The van der Waals surface area contributed by atoms with Gasteiger partial charge in [-0.25, -0.2) is 4.98 Å². The fraction of sp³-hybridized carbons (Fsp3) is 0.444. The number of aromatic nitrogens is 2. The van der Waals surface area contributed by atoms with Crippen LogP contribution in [-0.2, 0) is 32.8 Å². The first-order valence-corrected chi connectivity index (χ1v) is 12.6. The minimum atomic E-state index is -4.41. The summed E-state index contributed by atoms with van der Waals surface area (Å²) in [5, 5.41) is 0. The Bertz CT molecular complexity index is 841. The SMILES string of the molecule is CCOP(=S)(OCC)Oc1cc(CSCC)nc(-c2ccc(C(F)(F)F)cc2)n1. The standard InChI is InChI=1S/C18H22F3N2O3PS2/c1-4-24-27(28,25-5-2)26-16-11-15(12-29-6-3)22-17(23-16)13-7-9-14(10-8-13)18(19,20)21/h7-11H,4-6,12H2,1-3H3. The Labute approximate surface area is 177 Å². The lowest BCUT2D eigenvalue weighted by Crippen LogP contribution is -2.06. The number of rotatable bonds is 10. The highest BCUT2D eigenvalue weighted by molar-refractivity contribution is 8.07. The first-order chi connectivity index (χ1) is 13.7. The Morgan fingerprint density at radius 2 is 1.66 bits per heavy atom. The molecule has 29 heavy (non-hydrogen) atoms. The molecular weight excluding hydrogens is 444 g/mol. The maximum atomic E-state index is 12.8. The van der Waals surface area contributed by atoms with Crippen LogP contribution in [0.3, 0.4) is 0 Å². The summed E-state index contributed by atoms with van der Waals surface area (Å²) in [6.45, 7) is 3.16. The lowest BCUT2D eigenvalue weighted by atomic mass is 10.1. The molecule has 0 aliphatic carbocycles. The molecule has 1 aromatic carbocycles. The van der Waals surface area contributed by atoms with Gasteiger partial charge in [-0.15, -0.1) is 0 Å². The molecule has 0 aliphatic heterocycles. The van der Waals surface area contributed by atoms with E-state index in [0.717, 1.165) is 17.9 Å². The van der Waals surface area contributed by atoms with Crippen molar-refractivity contribution in [1.29, 1.82) is 0 Å². The third-order valence-corrected chi connectivity index (χ3v) is 6.78. The van der Waals surface area contributed by atoms with Gasteiger partial charge in [0.1, 0.15) is 0 Å². The van der Waals surface area contributed by atoms with Crippen LogP contribution in [0.15, 0.2) is 30.3 Å². The van der Waals surface area contributed by atoms with Crippen LogP contribution in [0.5, 0.6) is 5.88 Å². The number of nitrogens with zero attached hydrogens (tertiary/aromatic N) is 2. The van der Waals surface area contributed by atoms with Crippen molar-refractivity contribution in [1.82, 2.24) is 9.97 Å². The lowest BCUT2D eigenvalue weighted by Gasteiger charge is -2.21. The van der Waals surface area contributed by atoms with Crippen molar-refractivity contribution in [2.24, 2.45) is 0 Å². The van der Waals surface area contributed by atoms with Gasteiger partial charge < -0.3 is 4.52 Å².